The van der Waals surface area contributed by atoms with Crippen molar-refractivity contribution in [1.29, 1.82) is 0 Å². The van der Waals surface area contributed by atoms with Gasteiger partial charge in [-0.1, -0.05) is 38.1 Å². The van der Waals surface area contributed by atoms with Crippen LogP contribution in [0.4, 0.5) is 5.69 Å². The smallest absolute Gasteiger partial charge is 0.155 e. The van der Waals surface area contributed by atoms with Crippen molar-refractivity contribution in [3.8, 4) is 11.5 Å². The Bertz CT molecular complexity index is 1100. The van der Waals surface area contributed by atoms with Gasteiger partial charge in [-0.05, 0) is 25.0 Å². The lowest BCUT2D eigenvalue weighted by molar-refractivity contribution is 0.612. The number of fused-ring (bicyclic) bond motifs is 4. The van der Waals surface area contributed by atoms with E-state index in [0.29, 0.717) is 0 Å². The van der Waals surface area contributed by atoms with Crippen LogP contribution < -0.4 is 10.7 Å². The van der Waals surface area contributed by atoms with E-state index in [2.05, 4.69) is 48.4 Å². The summed E-state index contributed by atoms with van der Waals surface area (Å²) in [5.74, 6) is 0.770. The summed E-state index contributed by atoms with van der Waals surface area (Å²) in [5.41, 5.74) is 3.63. The maximum absolute atomic E-state index is 6.23. The van der Waals surface area contributed by atoms with Crippen LogP contribution in [0.1, 0.15) is 26.7 Å². The van der Waals surface area contributed by atoms with Crippen molar-refractivity contribution >= 4 is 40.0 Å². The highest BCUT2D eigenvalue weighted by Crippen LogP contribution is 2.33. The Labute approximate surface area is 165 Å². The zero-order valence-corrected chi connectivity index (χ0v) is 16.5. The molecule has 5 heteroatoms. The van der Waals surface area contributed by atoms with Gasteiger partial charge in [0.25, 0.3) is 0 Å². The van der Waals surface area contributed by atoms with Crippen LogP contribution in [0.5, 0.6) is 0 Å². The second kappa shape index (κ2) is 8.40. The summed E-state index contributed by atoms with van der Waals surface area (Å²) in [5, 5.41) is 6.73. The average Bonchev–Trinajstić information content (AvgIpc) is 2.69. The molecule has 27 heavy (non-hydrogen) atoms. The van der Waals surface area contributed by atoms with E-state index in [-0.39, 0.29) is 12.4 Å². The van der Waals surface area contributed by atoms with Gasteiger partial charge < -0.3 is 9.73 Å². The third-order valence-corrected chi connectivity index (χ3v) is 4.46. The zero-order valence-electron chi connectivity index (χ0n) is 15.7. The molecule has 2 aromatic rings. The molecule has 0 fully saturated rings. The van der Waals surface area contributed by atoms with Crippen LogP contribution in [-0.2, 0) is 0 Å². The van der Waals surface area contributed by atoms with E-state index in [1.54, 1.807) is 0 Å². The van der Waals surface area contributed by atoms with Gasteiger partial charge in [-0.15, -0.1) is 12.4 Å². The second-order valence-corrected chi connectivity index (χ2v) is 6.49. The molecule has 1 aliphatic carbocycles. The van der Waals surface area contributed by atoms with E-state index in [1.165, 1.54) is 5.39 Å². The van der Waals surface area contributed by atoms with Gasteiger partial charge in [0, 0.05) is 41.7 Å². The number of nitrogens with zero attached hydrogens (tertiary/aromatic N) is 2. The summed E-state index contributed by atoms with van der Waals surface area (Å²) in [4.78, 5) is 9.45. The van der Waals surface area contributed by atoms with Crippen LogP contribution in [0, 0.1) is 0 Å². The minimum Gasteiger partial charge on any atom is -0.453 e. The van der Waals surface area contributed by atoms with Crippen LogP contribution in [0.15, 0.2) is 57.9 Å². The summed E-state index contributed by atoms with van der Waals surface area (Å²) in [7, 11) is 0. The number of anilines is 1. The number of hydrogen-bond acceptors (Lipinski definition) is 4. The van der Waals surface area contributed by atoms with Gasteiger partial charge in [-0.2, -0.15) is 0 Å². The molecule has 1 aliphatic heterocycles. The van der Waals surface area contributed by atoms with Crippen LogP contribution in [0.25, 0.3) is 33.3 Å². The number of nitrogens with one attached hydrogen (secondary N) is 1. The largest absolute Gasteiger partial charge is 0.453 e. The number of halogens is 1. The molecule has 0 spiro atoms. The minimum atomic E-state index is 0. The summed E-state index contributed by atoms with van der Waals surface area (Å²) >= 11 is 0. The molecule has 0 bridgehead atoms. The molecule has 0 unspecified atom stereocenters. The molecule has 4 rings (SSSR count). The number of hydrogen-bond donors (Lipinski definition) is 1. The molecule has 0 radical (unpaired) electrons. The predicted molar refractivity (Wildman–Crippen MR) is 115 cm³/mol. The minimum absolute atomic E-state index is 0. The molecule has 0 atom stereocenters. The molecule has 2 aromatic carbocycles. The molecule has 1 heterocycles. The summed E-state index contributed by atoms with van der Waals surface area (Å²) in [6.07, 6.45) is 2.10. The zero-order chi connectivity index (χ0) is 17.9. The van der Waals surface area contributed by atoms with Crippen LogP contribution in [0.2, 0.25) is 0 Å². The van der Waals surface area contributed by atoms with Gasteiger partial charge in [0.05, 0.1) is 5.36 Å². The first-order valence-electron chi connectivity index (χ1n) is 9.31. The maximum Gasteiger partial charge on any atom is 0.155 e. The fourth-order valence-electron chi connectivity index (χ4n) is 3.19. The van der Waals surface area contributed by atoms with Crippen molar-refractivity contribution in [2.75, 3.05) is 18.4 Å². The van der Waals surface area contributed by atoms with Crippen LogP contribution >= 0.6 is 12.4 Å². The van der Waals surface area contributed by atoms with E-state index in [1.807, 2.05) is 24.3 Å². The monoisotopic (exact) mass is 381 g/mol. The Morgan fingerprint density at radius 2 is 1.81 bits per heavy atom. The molecule has 2 aliphatic rings. The third kappa shape index (κ3) is 3.76. The van der Waals surface area contributed by atoms with Gasteiger partial charge in [-0.3, -0.25) is 4.99 Å². The average molecular weight is 382 g/mol. The highest BCUT2D eigenvalue weighted by Gasteiger charge is 2.13. The van der Waals surface area contributed by atoms with Gasteiger partial charge >= 0.3 is 0 Å². The number of rotatable bonds is 5. The molecule has 0 saturated heterocycles. The molecule has 0 saturated carbocycles. The lowest BCUT2D eigenvalue weighted by Crippen LogP contribution is -2.04. The Morgan fingerprint density at radius 1 is 1.00 bits per heavy atom. The summed E-state index contributed by atoms with van der Waals surface area (Å²) < 4.78 is 6.23. The lowest BCUT2D eigenvalue weighted by Gasteiger charge is -2.13. The fourth-order valence-corrected chi connectivity index (χ4v) is 3.19. The van der Waals surface area contributed by atoms with E-state index >= 15 is 0 Å². The fraction of sp³-hybridized carbons (Fsp3) is 0.273. The second-order valence-electron chi connectivity index (χ2n) is 6.49. The molecule has 140 valence electrons. The highest BCUT2D eigenvalue weighted by molar-refractivity contribution is 6.10. The number of benzene rings is 3. The number of aromatic nitrogens is 1. The first-order chi connectivity index (χ1) is 12.8. The normalized spacial score (nSPS) is 11.9. The van der Waals surface area contributed by atoms with E-state index in [4.69, 9.17) is 9.40 Å². The molecule has 0 aromatic heterocycles. The standard InChI is InChI=1S/C22H23N3O.ClH/c1-3-11-23-15-9-10-18-20(13-15)26-21-14-19(24-12-4-2)16-7-5-6-8-17(16)22(21)25-18;/h5-10,13-14,24H,3-4,11-12H2,1-2H3;1H. The Hall–Kier alpha value is -2.59. The lowest BCUT2D eigenvalue weighted by atomic mass is 10.1. The van der Waals surface area contributed by atoms with Gasteiger partial charge in [0.1, 0.15) is 11.2 Å². The van der Waals surface area contributed by atoms with E-state index in [0.717, 1.165) is 64.9 Å². The van der Waals surface area contributed by atoms with Crippen molar-refractivity contribution in [1.82, 2.24) is 4.98 Å². The third-order valence-electron chi connectivity index (χ3n) is 4.46. The van der Waals surface area contributed by atoms with Gasteiger partial charge in [0.15, 0.2) is 11.3 Å². The molecule has 1 N–H and O–H groups in total. The Morgan fingerprint density at radius 3 is 2.59 bits per heavy atom. The first-order valence-corrected chi connectivity index (χ1v) is 9.31. The molecule has 0 amide bonds. The van der Waals surface area contributed by atoms with Crippen molar-refractivity contribution in [2.24, 2.45) is 4.99 Å². The van der Waals surface area contributed by atoms with Gasteiger partial charge in [0.2, 0.25) is 0 Å². The SMILES string of the molecule is CCCN=c1ccc2nc3c(cc(NCCC)c4ccccc43)oc-2c1.Cl. The van der Waals surface area contributed by atoms with Crippen molar-refractivity contribution in [3.05, 3.63) is 53.9 Å². The quantitative estimate of drug-likeness (QED) is 0.359. The molecule has 4 nitrogen and oxygen atoms in total. The van der Waals surface area contributed by atoms with Crippen molar-refractivity contribution in [3.63, 3.8) is 0 Å². The molecular weight excluding hydrogens is 358 g/mol. The summed E-state index contributed by atoms with van der Waals surface area (Å²) in [6, 6.07) is 16.4. The van der Waals surface area contributed by atoms with Crippen LogP contribution in [0.3, 0.4) is 0 Å². The highest BCUT2D eigenvalue weighted by atomic mass is 35.5. The van der Waals surface area contributed by atoms with Gasteiger partial charge in [-0.25, -0.2) is 4.98 Å². The van der Waals surface area contributed by atoms with Crippen molar-refractivity contribution in [2.45, 2.75) is 26.7 Å². The summed E-state index contributed by atoms with van der Waals surface area (Å²) in [6.45, 7) is 6.04. The van der Waals surface area contributed by atoms with E-state index < -0.39 is 0 Å². The topological polar surface area (TPSA) is 50.4 Å². The molecular formula is C22H24ClN3O. The first kappa shape index (κ1) is 19.2. The van der Waals surface area contributed by atoms with Crippen LogP contribution in [-0.4, -0.2) is 18.1 Å². The Balaban J connectivity index is 0.00000210. The van der Waals surface area contributed by atoms with Crippen molar-refractivity contribution < 1.29 is 4.42 Å². The predicted octanol–water partition coefficient (Wildman–Crippen LogP) is 5.64. The van der Waals surface area contributed by atoms with E-state index in [9.17, 15) is 0 Å². The Kier molecular flexibility index (Phi) is 5.97. The maximum atomic E-state index is 6.23.